The molecule has 0 radical (unpaired) electrons. The van der Waals surface area contributed by atoms with Gasteiger partial charge < -0.3 is 10.6 Å². The van der Waals surface area contributed by atoms with Crippen LogP contribution in [0.5, 0.6) is 0 Å². The summed E-state index contributed by atoms with van der Waals surface area (Å²) in [5.74, 6) is 8.45. The molecule has 1 amide bonds. The Morgan fingerprint density at radius 1 is 1.43 bits per heavy atom. The van der Waals surface area contributed by atoms with Crippen LogP contribution >= 0.6 is 11.3 Å². The Hall–Kier alpha value is -1.31. The Balaban J connectivity index is 1.60. The molecule has 1 aromatic rings. The summed E-state index contributed by atoms with van der Waals surface area (Å²) in [6.07, 6.45) is 5.49. The normalized spacial score (nSPS) is 26.5. The quantitative estimate of drug-likeness (QED) is 0.872. The number of rotatable bonds is 3. The van der Waals surface area contributed by atoms with Crippen molar-refractivity contribution < 1.29 is 4.79 Å². The molecule has 2 saturated carbocycles. The van der Waals surface area contributed by atoms with E-state index in [1.165, 1.54) is 37.0 Å². The summed E-state index contributed by atoms with van der Waals surface area (Å²) in [6.45, 7) is 1.26. The number of hydrogen-bond donors (Lipinski definition) is 1. The first-order valence-electron chi connectivity index (χ1n) is 7.71. The third-order valence-electron chi connectivity index (χ3n) is 4.87. The Kier molecular flexibility index (Phi) is 4.32. The largest absolute Gasteiger partial charge is 0.341 e. The van der Waals surface area contributed by atoms with Crippen LogP contribution in [0.4, 0.5) is 0 Å². The van der Waals surface area contributed by atoms with E-state index in [0.717, 1.165) is 28.1 Å². The van der Waals surface area contributed by atoms with Crippen LogP contribution in [0.1, 0.15) is 40.2 Å². The highest BCUT2D eigenvalue weighted by Crippen LogP contribution is 2.48. The van der Waals surface area contributed by atoms with E-state index >= 15 is 0 Å². The first kappa shape index (κ1) is 14.6. The second-order valence-electron chi connectivity index (χ2n) is 6.29. The zero-order valence-corrected chi connectivity index (χ0v) is 13.3. The van der Waals surface area contributed by atoms with Crippen LogP contribution in [-0.4, -0.2) is 30.9 Å². The van der Waals surface area contributed by atoms with Gasteiger partial charge in [0.05, 0.1) is 16.3 Å². The van der Waals surface area contributed by atoms with Gasteiger partial charge in [-0.2, -0.15) is 0 Å². The van der Waals surface area contributed by atoms with Crippen LogP contribution in [0.25, 0.3) is 0 Å². The van der Waals surface area contributed by atoms with Gasteiger partial charge in [-0.3, -0.25) is 4.79 Å². The fourth-order valence-corrected chi connectivity index (χ4v) is 4.76. The summed E-state index contributed by atoms with van der Waals surface area (Å²) in [7, 11) is 1.93. The molecule has 2 aliphatic rings. The van der Waals surface area contributed by atoms with Gasteiger partial charge in [0, 0.05) is 13.6 Å². The number of nitrogens with zero attached hydrogens (tertiary/aromatic N) is 1. The maximum Gasteiger partial charge on any atom is 0.263 e. The van der Waals surface area contributed by atoms with Gasteiger partial charge in [-0.05, 0) is 49.1 Å². The van der Waals surface area contributed by atoms with Crippen LogP contribution in [0.2, 0.25) is 0 Å². The van der Waals surface area contributed by atoms with Crippen molar-refractivity contribution in [2.75, 3.05) is 20.1 Å². The Morgan fingerprint density at radius 2 is 2.29 bits per heavy atom. The van der Waals surface area contributed by atoms with Crippen LogP contribution in [-0.2, 0) is 0 Å². The van der Waals surface area contributed by atoms with E-state index in [-0.39, 0.29) is 5.91 Å². The lowest BCUT2D eigenvalue weighted by Gasteiger charge is -2.27. The van der Waals surface area contributed by atoms with Gasteiger partial charge in [0.15, 0.2) is 0 Å². The van der Waals surface area contributed by atoms with Crippen molar-refractivity contribution in [3.05, 3.63) is 21.9 Å². The lowest BCUT2D eigenvalue weighted by molar-refractivity contribution is 0.0759. The number of hydrogen-bond acceptors (Lipinski definition) is 3. The third kappa shape index (κ3) is 3.14. The van der Waals surface area contributed by atoms with E-state index in [1.807, 2.05) is 24.1 Å². The van der Waals surface area contributed by atoms with E-state index in [9.17, 15) is 4.79 Å². The predicted molar refractivity (Wildman–Crippen MR) is 86.1 cm³/mol. The molecule has 2 fully saturated rings. The molecule has 2 aliphatic carbocycles. The number of nitrogens with two attached hydrogens (primary N) is 1. The van der Waals surface area contributed by atoms with E-state index in [2.05, 4.69) is 11.8 Å². The molecule has 0 aliphatic heterocycles. The summed E-state index contributed by atoms with van der Waals surface area (Å²) in [5.41, 5.74) is 5.37. The van der Waals surface area contributed by atoms with Crippen LogP contribution in [0, 0.1) is 29.6 Å². The van der Waals surface area contributed by atoms with Gasteiger partial charge in [0.2, 0.25) is 0 Å². The SMILES string of the molecule is CN(CC1CC2CCC1C2)C(=O)c1ccc(C#CCN)s1. The van der Waals surface area contributed by atoms with E-state index in [0.29, 0.717) is 12.5 Å². The molecule has 2 N–H and O–H groups in total. The average Bonchev–Trinajstić information content (AvgIpc) is 3.20. The van der Waals surface area contributed by atoms with Crippen LogP contribution < -0.4 is 5.73 Å². The molecule has 3 unspecified atom stereocenters. The van der Waals surface area contributed by atoms with Crippen molar-refractivity contribution >= 4 is 17.2 Å². The molecule has 0 aromatic carbocycles. The molecule has 21 heavy (non-hydrogen) atoms. The Bertz CT molecular complexity index is 583. The smallest absolute Gasteiger partial charge is 0.263 e. The van der Waals surface area contributed by atoms with Crippen molar-refractivity contribution in [2.45, 2.75) is 25.7 Å². The van der Waals surface area contributed by atoms with Gasteiger partial charge in [-0.15, -0.1) is 11.3 Å². The van der Waals surface area contributed by atoms with Crippen LogP contribution in [0.3, 0.4) is 0 Å². The van der Waals surface area contributed by atoms with E-state index in [1.54, 1.807) is 0 Å². The topological polar surface area (TPSA) is 46.3 Å². The highest BCUT2D eigenvalue weighted by atomic mass is 32.1. The highest BCUT2D eigenvalue weighted by Gasteiger charge is 2.40. The van der Waals surface area contributed by atoms with E-state index < -0.39 is 0 Å². The van der Waals surface area contributed by atoms with Gasteiger partial charge in [0.1, 0.15) is 0 Å². The van der Waals surface area contributed by atoms with Crippen LogP contribution in [0.15, 0.2) is 12.1 Å². The van der Waals surface area contributed by atoms with Gasteiger partial charge in [-0.1, -0.05) is 18.3 Å². The van der Waals surface area contributed by atoms with Crippen molar-refractivity contribution in [1.82, 2.24) is 4.90 Å². The minimum atomic E-state index is 0.128. The predicted octanol–water partition coefficient (Wildman–Crippen LogP) is 2.57. The molecule has 0 saturated heterocycles. The lowest BCUT2D eigenvalue weighted by atomic mass is 9.88. The molecular weight excluding hydrogens is 280 g/mol. The van der Waals surface area contributed by atoms with Gasteiger partial charge in [0.25, 0.3) is 5.91 Å². The number of thiophene rings is 1. The first-order valence-corrected chi connectivity index (χ1v) is 8.53. The summed E-state index contributed by atoms with van der Waals surface area (Å²) in [6, 6.07) is 3.79. The second kappa shape index (κ2) is 6.21. The zero-order chi connectivity index (χ0) is 14.8. The van der Waals surface area contributed by atoms with Gasteiger partial charge in [-0.25, -0.2) is 0 Å². The molecule has 4 heteroatoms. The van der Waals surface area contributed by atoms with Crippen molar-refractivity contribution in [3.63, 3.8) is 0 Å². The molecule has 0 spiro atoms. The fourth-order valence-electron chi connectivity index (χ4n) is 3.88. The second-order valence-corrected chi connectivity index (χ2v) is 7.37. The lowest BCUT2D eigenvalue weighted by Crippen LogP contribution is -2.33. The summed E-state index contributed by atoms with van der Waals surface area (Å²) in [5, 5.41) is 0. The van der Waals surface area contributed by atoms with Crippen molar-refractivity contribution in [1.29, 1.82) is 0 Å². The summed E-state index contributed by atoms with van der Waals surface area (Å²) < 4.78 is 0. The summed E-state index contributed by atoms with van der Waals surface area (Å²) in [4.78, 5) is 16.1. The molecule has 3 rings (SSSR count). The van der Waals surface area contributed by atoms with Crippen molar-refractivity contribution in [2.24, 2.45) is 23.5 Å². The average molecular weight is 302 g/mol. The number of carbonyl (C=O) groups excluding carboxylic acids is 1. The minimum Gasteiger partial charge on any atom is -0.341 e. The number of carbonyl (C=O) groups is 1. The number of amides is 1. The monoisotopic (exact) mass is 302 g/mol. The standard InChI is InChI=1S/C17H22N2OS/c1-19(11-14-10-12-4-5-13(14)9-12)17(20)16-7-6-15(21-16)3-2-8-18/h6-7,12-14H,4-5,8-11,18H2,1H3. The maximum atomic E-state index is 12.5. The zero-order valence-electron chi connectivity index (χ0n) is 12.5. The highest BCUT2D eigenvalue weighted by molar-refractivity contribution is 7.14. The fraction of sp³-hybridized carbons (Fsp3) is 0.588. The molecule has 2 bridgehead atoms. The van der Waals surface area contributed by atoms with Gasteiger partial charge >= 0.3 is 0 Å². The molecule has 112 valence electrons. The minimum absolute atomic E-state index is 0.128. The molecule has 3 nitrogen and oxygen atoms in total. The molecule has 1 aromatic heterocycles. The van der Waals surface area contributed by atoms with E-state index in [4.69, 9.17) is 5.73 Å². The summed E-state index contributed by atoms with van der Waals surface area (Å²) >= 11 is 1.46. The Morgan fingerprint density at radius 3 is 2.95 bits per heavy atom. The molecule has 1 heterocycles. The molecule has 3 atom stereocenters. The maximum absolute atomic E-state index is 12.5. The Labute approximate surface area is 130 Å². The third-order valence-corrected chi connectivity index (χ3v) is 5.86. The first-order chi connectivity index (χ1) is 10.2. The molecular formula is C17H22N2OS. The number of fused-ring (bicyclic) bond motifs is 2. The van der Waals surface area contributed by atoms with Crippen molar-refractivity contribution in [3.8, 4) is 11.8 Å².